The Kier molecular flexibility index (Phi) is 7.10. The molecule has 0 saturated heterocycles. The lowest BCUT2D eigenvalue weighted by molar-refractivity contribution is 0.199. The number of nitrogens with one attached hydrogen (secondary N) is 1. The molecule has 2 aromatic rings. The minimum absolute atomic E-state index is 0. The van der Waals surface area contributed by atoms with E-state index in [4.69, 9.17) is 21.1 Å². The zero-order valence-corrected chi connectivity index (χ0v) is 13.2. The van der Waals surface area contributed by atoms with Crippen molar-refractivity contribution in [2.75, 3.05) is 27.4 Å². The topological polar surface area (TPSA) is 30.5 Å². The molecule has 0 fully saturated rings. The van der Waals surface area contributed by atoms with E-state index >= 15 is 0 Å². The van der Waals surface area contributed by atoms with Gasteiger partial charge in [0.15, 0.2) is 0 Å². The number of ether oxygens (including phenoxy) is 2. The molecule has 0 unspecified atom stereocenters. The van der Waals surface area contributed by atoms with Crippen molar-refractivity contribution >= 4 is 34.8 Å². The van der Waals surface area contributed by atoms with Gasteiger partial charge in [0, 0.05) is 36.0 Å². The third kappa shape index (κ3) is 4.00. The number of rotatable bonds is 6. The summed E-state index contributed by atoms with van der Waals surface area (Å²) < 4.78 is 10.3. The number of hydrogen-bond donors (Lipinski definition) is 1. The van der Waals surface area contributed by atoms with Crippen molar-refractivity contribution in [1.29, 1.82) is 0 Å². The summed E-state index contributed by atoms with van der Waals surface area (Å²) in [6, 6.07) is 9.99. The van der Waals surface area contributed by atoms with Gasteiger partial charge in [0.25, 0.3) is 0 Å². The van der Waals surface area contributed by atoms with Crippen LogP contribution in [0.5, 0.6) is 5.75 Å². The molecule has 0 aliphatic heterocycles. The van der Waals surface area contributed by atoms with E-state index in [9.17, 15) is 0 Å². The molecular formula is C15H19Cl2NO2. The van der Waals surface area contributed by atoms with Gasteiger partial charge < -0.3 is 14.8 Å². The predicted molar refractivity (Wildman–Crippen MR) is 86.3 cm³/mol. The molecule has 0 bridgehead atoms. The molecule has 0 saturated carbocycles. The van der Waals surface area contributed by atoms with Gasteiger partial charge in [0.2, 0.25) is 0 Å². The molecule has 20 heavy (non-hydrogen) atoms. The van der Waals surface area contributed by atoms with E-state index in [-0.39, 0.29) is 12.4 Å². The minimum Gasteiger partial charge on any atom is -0.496 e. The van der Waals surface area contributed by atoms with Crippen molar-refractivity contribution in [2.24, 2.45) is 0 Å². The standard InChI is InChI=1S/C15H18ClNO2.ClH/c1-18-8-7-17-10-11-3-4-12-13(9-11)14(16)5-6-15(12)19-2;/h3-6,9,17H,7-8,10H2,1-2H3;1H. The molecule has 0 atom stereocenters. The largest absolute Gasteiger partial charge is 0.496 e. The molecule has 1 N–H and O–H groups in total. The van der Waals surface area contributed by atoms with Gasteiger partial charge in [-0.1, -0.05) is 23.7 Å². The Morgan fingerprint density at radius 2 is 1.90 bits per heavy atom. The third-order valence-electron chi connectivity index (χ3n) is 3.02. The van der Waals surface area contributed by atoms with E-state index in [0.29, 0.717) is 6.61 Å². The van der Waals surface area contributed by atoms with Crippen molar-refractivity contribution in [3.05, 3.63) is 40.9 Å². The summed E-state index contributed by atoms with van der Waals surface area (Å²) in [5, 5.41) is 6.12. The van der Waals surface area contributed by atoms with Gasteiger partial charge in [0.1, 0.15) is 5.75 Å². The van der Waals surface area contributed by atoms with Crippen LogP contribution in [0.2, 0.25) is 5.02 Å². The molecule has 3 nitrogen and oxygen atoms in total. The molecular weight excluding hydrogens is 297 g/mol. The average molecular weight is 316 g/mol. The molecule has 0 aliphatic rings. The maximum absolute atomic E-state index is 6.25. The Labute approximate surface area is 130 Å². The van der Waals surface area contributed by atoms with Crippen LogP contribution in [0.3, 0.4) is 0 Å². The van der Waals surface area contributed by atoms with E-state index in [0.717, 1.165) is 34.6 Å². The summed E-state index contributed by atoms with van der Waals surface area (Å²) in [5.74, 6) is 0.846. The second kappa shape index (κ2) is 8.32. The monoisotopic (exact) mass is 315 g/mol. The molecule has 0 heterocycles. The van der Waals surface area contributed by atoms with Crippen LogP contribution >= 0.6 is 24.0 Å². The van der Waals surface area contributed by atoms with Gasteiger partial charge in [-0.3, -0.25) is 0 Å². The van der Waals surface area contributed by atoms with Gasteiger partial charge in [-0.2, -0.15) is 0 Å². The van der Waals surface area contributed by atoms with E-state index in [1.54, 1.807) is 14.2 Å². The number of benzene rings is 2. The summed E-state index contributed by atoms with van der Waals surface area (Å²) in [6.07, 6.45) is 0. The van der Waals surface area contributed by atoms with Crippen molar-refractivity contribution in [3.8, 4) is 5.75 Å². The second-order valence-corrected chi connectivity index (χ2v) is 4.71. The lowest BCUT2D eigenvalue weighted by atomic mass is 10.1. The summed E-state index contributed by atoms with van der Waals surface area (Å²) in [5.41, 5.74) is 1.19. The molecule has 0 radical (unpaired) electrons. The highest BCUT2D eigenvalue weighted by Crippen LogP contribution is 2.31. The lowest BCUT2D eigenvalue weighted by Gasteiger charge is -2.09. The van der Waals surface area contributed by atoms with Gasteiger partial charge in [-0.25, -0.2) is 0 Å². The van der Waals surface area contributed by atoms with Crippen LogP contribution in [0.1, 0.15) is 5.56 Å². The zero-order chi connectivity index (χ0) is 13.7. The summed E-state index contributed by atoms with van der Waals surface area (Å²) in [7, 11) is 3.37. The van der Waals surface area contributed by atoms with Gasteiger partial charge in [-0.05, 0) is 23.8 Å². The molecule has 0 aromatic heterocycles. The first-order valence-corrected chi connectivity index (χ1v) is 6.59. The van der Waals surface area contributed by atoms with Crippen molar-refractivity contribution < 1.29 is 9.47 Å². The Balaban J connectivity index is 0.00000200. The van der Waals surface area contributed by atoms with Crippen LogP contribution in [0.25, 0.3) is 10.8 Å². The quantitative estimate of drug-likeness (QED) is 0.825. The molecule has 0 aliphatic carbocycles. The Morgan fingerprint density at radius 1 is 1.10 bits per heavy atom. The van der Waals surface area contributed by atoms with Crippen molar-refractivity contribution in [3.63, 3.8) is 0 Å². The van der Waals surface area contributed by atoms with Crippen LogP contribution < -0.4 is 10.1 Å². The Hall–Kier alpha value is -1.000. The molecule has 2 aromatic carbocycles. The highest BCUT2D eigenvalue weighted by atomic mass is 35.5. The van der Waals surface area contributed by atoms with Crippen LogP contribution in [-0.2, 0) is 11.3 Å². The summed E-state index contributed by atoms with van der Waals surface area (Å²) in [6.45, 7) is 2.34. The van der Waals surface area contributed by atoms with Gasteiger partial charge in [0.05, 0.1) is 13.7 Å². The smallest absolute Gasteiger partial charge is 0.126 e. The fourth-order valence-corrected chi connectivity index (χ4v) is 2.25. The van der Waals surface area contributed by atoms with Crippen LogP contribution in [-0.4, -0.2) is 27.4 Å². The van der Waals surface area contributed by atoms with Crippen molar-refractivity contribution in [1.82, 2.24) is 5.32 Å². The number of fused-ring (bicyclic) bond motifs is 1. The molecule has 110 valence electrons. The molecule has 5 heteroatoms. The Bertz CT molecular complexity index is 561. The van der Waals surface area contributed by atoms with E-state index in [2.05, 4.69) is 17.4 Å². The third-order valence-corrected chi connectivity index (χ3v) is 3.35. The number of methoxy groups -OCH3 is 2. The van der Waals surface area contributed by atoms with E-state index in [1.165, 1.54) is 5.56 Å². The summed E-state index contributed by atoms with van der Waals surface area (Å²) in [4.78, 5) is 0. The van der Waals surface area contributed by atoms with Crippen LogP contribution in [0.4, 0.5) is 0 Å². The first-order valence-electron chi connectivity index (χ1n) is 6.21. The first-order chi connectivity index (χ1) is 9.26. The van der Waals surface area contributed by atoms with Gasteiger partial charge >= 0.3 is 0 Å². The number of hydrogen-bond acceptors (Lipinski definition) is 3. The first kappa shape index (κ1) is 17.1. The highest BCUT2D eigenvalue weighted by Gasteiger charge is 2.06. The average Bonchev–Trinajstić information content (AvgIpc) is 2.44. The lowest BCUT2D eigenvalue weighted by Crippen LogP contribution is -2.18. The fraction of sp³-hybridized carbons (Fsp3) is 0.333. The minimum atomic E-state index is 0. The van der Waals surface area contributed by atoms with Crippen LogP contribution in [0.15, 0.2) is 30.3 Å². The molecule has 0 spiro atoms. The zero-order valence-electron chi connectivity index (χ0n) is 11.6. The SMILES string of the molecule is COCCNCc1ccc2c(OC)ccc(Cl)c2c1.Cl. The fourth-order valence-electron chi connectivity index (χ4n) is 2.03. The maximum Gasteiger partial charge on any atom is 0.126 e. The molecule has 2 rings (SSSR count). The number of halogens is 2. The highest BCUT2D eigenvalue weighted by molar-refractivity contribution is 6.35. The Morgan fingerprint density at radius 3 is 2.60 bits per heavy atom. The van der Waals surface area contributed by atoms with Gasteiger partial charge in [-0.15, -0.1) is 12.4 Å². The van der Waals surface area contributed by atoms with Crippen molar-refractivity contribution in [2.45, 2.75) is 6.54 Å². The molecule has 0 amide bonds. The summed E-state index contributed by atoms with van der Waals surface area (Å²) >= 11 is 6.25. The van der Waals surface area contributed by atoms with E-state index in [1.807, 2.05) is 18.2 Å². The maximum atomic E-state index is 6.25. The predicted octanol–water partition coefficient (Wildman–Crippen LogP) is 3.66. The normalized spacial score (nSPS) is 10.3. The van der Waals surface area contributed by atoms with Crippen LogP contribution in [0, 0.1) is 0 Å². The van der Waals surface area contributed by atoms with E-state index < -0.39 is 0 Å². The second-order valence-electron chi connectivity index (χ2n) is 4.30.